The Morgan fingerprint density at radius 2 is 1.26 bits per heavy atom. The van der Waals surface area contributed by atoms with E-state index in [4.69, 9.17) is 18.6 Å². The van der Waals surface area contributed by atoms with E-state index < -0.39 is 108 Å². The molecule has 2 aliphatic heterocycles. The third kappa shape index (κ3) is 5.12. The molecule has 3 aromatic rings. The van der Waals surface area contributed by atoms with Crippen molar-refractivity contribution in [2.24, 2.45) is 0 Å². The number of hydrogen-bond acceptors (Lipinski definition) is 15. The highest BCUT2D eigenvalue weighted by Gasteiger charge is 2.48. The average Bonchev–Trinajstić information content (AvgIpc) is 3.00. The first-order valence-corrected chi connectivity index (χ1v) is 13.3. The van der Waals surface area contributed by atoms with Gasteiger partial charge in [-0.15, -0.1) is 0 Å². The summed E-state index contributed by atoms with van der Waals surface area (Å²) in [5.74, 6) is -1.47. The molecule has 0 amide bonds. The van der Waals surface area contributed by atoms with Crippen molar-refractivity contribution in [3.05, 3.63) is 51.7 Å². The van der Waals surface area contributed by atoms with Gasteiger partial charge in [-0.25, -0.2) is 0 Å². The Labute approximate surface area is 242 Å². The van der Waals surface area contributed by atoms with E-state index >= 15 is 0 Å². The van der Waals surface area contributed by atoms with Crippen molar-refractivity contribution >= 4 is 11.0 Å². The Hall–Kier alpha value is -3.35. The summed E-state index contributed by atoms with van der Waals surface area (Å²) in [6.07, 6.45) is -17.3. The number of phenolic OH excluding ortho intramolecular Hbond substituents is 2. The van der Waals surface area contributed by atoms with E-state index in [1.165, 1.54) is 31.4 Å². The summed E-state index contributed by atoms with van der Waals surface area (Å²) in [5, 5.41) is 104. The second kappa shape index (κ2) is 12.0. The number of hydrogen-bond donors (Lipinski definition) is 10. The van der Waals surface area contributed by atoms with E-state index in [9.17, 15) is 55.9 Å². The van der Waals surface area contributed by atoms with E-state index in [1.54, 1.807) is 0 Å². The van der Waals surface area contributed by atoms with Gasteiger partial charge in [0.25, 0.3) is 0 Å². The van der Waals surface area contributed by atoms with Crippen LogP contribution in [0.4, 0.5) is 0 Å². The van der Waals surface area contributed by atoms with Crippen LogP contribution >= 0.6 is 0 Å². The molecule has 15 nitrogen and oxygen atoms in total. The highest BCUT2D eigenvalue weighted by Crippen LogP contribution is 2.46. The van der Waals surface area contributed by atoms with Crippen molar-refractivity contribution in [1.29, 1.82) is 0 Å². The largest absolute Gasteiger partial charge is 0.507 e. The number of ether oxygens (including phenoxy) is 3. The van der Waals surface area contributed by atoms with Crippen LogP contribution in [0.5, 0.6) is 17.2 Å². The molecule has 10 unspecified atom stereocenters. The Morgan fingerprint density at radius 3 is 1.74 bits per heavy atom. The predicted molar refractivity (Wildman–Crippen MR) is 143 cm³/mol. The normalized spacial score (nSPS) is 33.0. The molecule has 0 aliphatic carbocycles. The summed E-state index contributed by atoms with van der Waals surface area (Å²) < 4.78 is 22.3. The van der Waals surface area contributed by atoms with Gasteiger partial charge in [-0.05, 0) is 24.3 Å². The lowest BCUT2D eigenvalue weighted by molar-refractivity contribution is -0.232. The number of benzene rings is 2. The molecule has 2 saturated heterocycles. The van der Waals surface area contributed by atoms with Gasteiger partial charge >= 0.3 is 0 Å². The van der Waals surface area contributed by atoms with Gasteiger partial charge in [0.2, 0.25) is 5.43 Å². The summed E-state index contributed by atoms with van der Waals surface area (Å²) in [6, 6.07) is 7.01. The zero-order chi connectivity index (χ0) is 31.3. The van der Waals surface area contributed by atoms with Gasteiger partial charge in [-0.1, -0.05) is 0 Å². The Bertz CT molecular complexity index is 1520. The van der Waals surface area contributed by atoms with Crippen LogP contribution in [-0.2, 0) is 9.47 Å². The van der Waals surface area contributed by atoms with Crippen LogP contribution in [0.15, 0.2) is 39.5 Å². The number of phenols is 2. The standard InChI is InChI=1S/C28H32O15/c1-40-10-4-2-9(3-5-10)26-17(28-25(39)23(37)19(33)14(8-30)43-28)21(35)16-12(41-26)6-11(31)15(20(16)34)27-24(38)22(36)18(32)13(7-29)42-27/h2-6,13-14,18-19,22-25,27-34,36-39H,7-8H2,1H3. The van der Waals surface area contributed by atoms with Gasteiger partial charge in [0.05, 0.1) is 31.5 Å². The summed E-state index contributed by atoms with van der Waals surface area (Å²) in [6.45, 7) is -1.59. The monoisotopic (exact) mass is 608 g/mol. The lowest BCUT2D eigenvalue weighted by Gasteiger charge is -2.40. The van der Waals surface area contributed by atoms with Crippen LogP contribution in [0, 0.1) is 0 Å². The SMILES string of the molecule is COc1ccc(-c2oc3cc(O)c(C4OC(CO)C(O)C(O)C4O)c(O)c3c(=O)c2C2OC(CO)C(O)C(O)C2O)cc1. The van der Waals surface area contributed by atoms with Gasteiger partial charge in [0, 0.05) is 11.6 Å². The van der Waals surface area contributed by atoms with Crippen LogP contribution in [0.2, 0.25) is 0 Å². The summed E-state index contributed by atoms with van der Waals surface area (Å²) >= 11 is 0. The fourth-order valence-electron chi connectivity index (χ4n) is 5.53. The number of aromatic hydroxyl groups is 2. The Morgan fingerprint density at radius 1 is 0.744 bits per heavy atom. The number of fused-ring (bicyclic) bond motifs is 1. The smallest absolute Gasteiger partial charge is 0.203 e. The fraction of sp³-hybridized carbons (Fsp3) is 0.464. The quantitative estimate of drug-likeness (QED) is 0.144. The topological polar surface area (TPSA) is 260 Å². The Balaban J connectivity index is 1.77. The van der Waals surface area contributed by atoms with Gasteiger partial charge in [-0.3, -0.25) is 4.79 Å². The van der Waals surface area contributed by atoms with Gasteiger partial charge in [0.15, 0.2) is 0 Å². The average molecular weight is 609 g/mol. The third-order valence-corrected chi connectivity index (χ3v) is 7.92. The summed E-state index contributed by atoms with van der Waals surface area (Å²) in [5.41, 5.74) is -2.17. The minimum Gasteiger partial charge on any atom is -0.507 e. The lowest BCUT2D eigenvalue weighted by atomic mass is 9.87. The molecular weight excluding hydrogens is 576 g/mol. The number of aliphatic hydroxyl groups excluding tert-OH is 8. The Kier molecular flexibility index (Phi) is 8.65. The maximum Gasteiger partial charge on any atom is 0.203 e. The van der Waals surface area contributed by atoms with Crippen molar-refractivity contribution in [2.75, 3.05) is 20.3 Å². The molecule has 0 radical (unpaired) electrons. The zero-order valence-electron chi connectivity index (χ0n) is 22.6. The number of rotatable bonds is 6. The van der Waals surface area contributed by atoms with Crippen LogP contribution in [-0.4, -0.2) is 120 Å². The second-order valence-electron chi connectivity index (χ2n) is 10.4. The van der Waals surface area contributed by atoms with Crippen LogP contribution < -0.4 is 10.2 Å². The minimum absolute atomic E-state index is 0.219. The lowest BCUT2D eigenvalue weighted by Crippen LogP contribution is -2.56. The first-order valence-electron chi connectivity index (χ1n) is 13.3. The molecule has 2 fully saturated rings. The maximum atomic E-state index is 14.2. The van der Waals surface area contributed by atoms with Crippen LogP contribution in [0.3, 0.4) is 0 Å². The molecule has 0 spiro atoms. The third-order valence-electron chi connectivity index (χ3n) is 7.92. The van der Waals surface area contributed by atoms with Gasteiger partial charge in [0.1, 0.15) is 95.0 Å². The molecule has 5 rings (SSSR count). The highest BCUT2D eigenvalue weighted by molar-refractivity contribution is 5.89. The predicted octanol–water partition coefficient (Wildman–Crippen LogP) is -2.09. The molecule has 234 valence electrons. The van der Waals surface area contributed by atoms with E-state index in [-0.39, 0.29) is 16.9 Å². The molecule has 15 heteroatoms. The van der Waals surface area contributed by atoms with Crippen molar-refractivity contribution in [3.8, 4) is 28.6 Å². The molecule has 1 aromatic heterocycles. The maximum absolute atomic E-state index is 14.2. The number of methoxy groups -OCH3 is 1. The van der Waals surface area contributed by atoms with Crippen molar-refractivity contribution in [3.63, 3.8) is 0 Å². The molecule has 0 bridgehead atoms. The summed E-state index contributed by atoms with van der Waals surface area (Å²) in [4.78, 5) is 14.2. The van der Waals surface area contributed by atoms with E-state index in [0.29, 0.717) is 5.75 Å². The molecule has 2 aromatic carbocycles. The van der Waals surface area contributed by atoms with E-state index in [1.807, 2.05) is 0 Å². The number of aliphatic hydroxyl groups is 8. The van der Waals surface area contributed by atoms with E-state index in [2.05, 4.69) is 0 Å². The molecular formula is C28H32O15. The van der Waals surface area contributed by atoms with Gasteiger partial charge < -0.3 is 69.7 Å². The highest BCUT2D eigenvalue weighted by atomic mass is 16.6. The molecule has 3 heterocycles. The van der Waals surface area contributed by atoms with Gasteiger partial charge in [-0.2, -0.15) is 0 Å². The molecule has 43 heavy (non-hydrogen) atoms. The first kappa shape index (κ1) is 31.1. The molecule has 10 atom stereocenters. The van der Waals surface area contributed by atoms with Crippen LogP contribution in [0.1, 0.15) is 23.3 Å². The van der Waals surface area contributed by atoms with Crippen molar-refractivity contribution < 1.29 is 69.7 Å². The molecule has 10 N–H and O–H groups in total. The molecule has 0 saturated carbocycles. The van der Waals surface area contributed by atoms with Crippen LogP contribution in [0.25, 0.3) is 22.3 Å². The zero-order valence-corrected chi connectivity index (χ0v) is 22.6. The van der Waals surface area contributed by atoms with E-state index in [0.717, 1.165) is 6.07 Å². The summed E-state index contributed by atoms with van der Waals surface area (Å²) in [7, 11) is 1.43. The van der Waals surface area contributed by atoms with Crippen molar-refractivity contribution in [1.82, 2.24) is 0 Å². The van der Waals surface area contributed by atoms with Crippen molar-refractivity contribution in [2.45, 2.75) is 61.0 Å². The molecule has 2 aliphatic rings. The first-order chi connectivity index (χ1) is 20.4. The second-order valence-corrected chi connectivity index (χ2v) is 10.4. The minimum atomic E-state index is -1.93. The fourth-order valence-corrected chi connectivity index (χ4v) is 5.53.